The molecule has 2 amide bonds. The number of piperazine rings is 1. The predicted molar refractivity (Wildman–Crippen MR) is 148 cm³/mol. The van der Waals surface area contributed by atoms with Crippen molar-refractivity contribution in [3.05, 3.63) is 59.7 Å². The van der Waals surface area contributed by atoms with Crippen LogP contribution in [0.25, 0.3) is 0 Å². The van der Waals surface area contributed by atoms with Gasteiger partial charge in [-0.1, -0.05) is 24.3 Å². The number of amides is 2. The molecule has 0 aliphatic carbocycles. The number of rotatable bonds is 7. The number of carbonyl (C=O) groups is 2. The van der Waals surface area contributed by atoms with E-state index in [2.05, 4.69) is 34.3 Å². The third-order valence-electron chi connectivity index (χ3n) is 6.25. The first-order valence-electron chi connectivity index (χ1n) is 12.9. The van der Waals surface area contributed by atoms with E-state index < -0.39 is 17.3 Å². The lowest BCUT2D eigenvalue weighted by molar-refractivity contribution is -0.0223. The third-order valence-corrected chi connectivity index (χ3v) is 6.25. The van der Waals surface area contributed by atoms with Crippen molar-refractivity contribution < 1.29 is 19.4 Å². The van der Waals surface area contributed by atoms with Crippen molar-refractivity contribution in [3.63, 3.8) is 0 Å². The molecule has 1 fully saturated rings. The summed E-state index contributed by atoms with van der Waals surface area (Å²) in [6.07, 6.45) is -0.581. The predicted octanol–water partition coefficient (Wildman–Crippen LogP) is 4.95. The Kier molecular flexibility index (Phi) is 9.00. The molecule has 3 N–H and O–H groups in total. The van der Waals surface area contributed by atoms with Crippen molar-refractivity contribution in [2.24, 2.45) is 0 Å². The van der Waals surface area contributed by atoms with Gasteiger partial charge >= 0.3 is 6.09 Å². The van der Waals surface area contributed by atoms with E-state index in [-0.39, 0.29) is 5.91 Å². The highest BCUT2D eigenvalue weighted by atomic mass is 16.6. The van der Waals surface area contributed by atoms with Gasteiger partial charge in [0.05, 0.1) is 17.0 Å². The molecular formula is C29H42N4O4. The number of hydrogen-bond donors (Lipinski definition) is 3. The number of para-hydroxylation sites is 2. The molecule has 2 aromatic carbocycles. The number of benzene rings is 2. The van der Waals surface area contributed by atoms with E-state index in [0.29, 0.717) is 35.6 Å². The molecule has 0 saturated carbocycles. The number of carbonyl (C=O) groups excluding carboxylic acids is 2. The summed E-state index contributed by atoms with van der Waals surface area (Å²) >= 11 is 0. The summed E-state index contributed by atoms with van der Waals surface area (Å²) in [5.41, 5.74) is 1.30. The lowest BCUT2D eigenvalue weighted by Crippen LogP contribution is -2.58. The van der Waals surface area contributed by atoms with Crippen LogP contribution in [0.3, 0.4) is 0 Å². The zero-order valence-electron chi connectivity index (χ0n) is 23.2. The van der Waals surface area contributed by atoms with Crippen molar-refractivity contribution in [2.45, 2.75) is 78.3 Å². The fourth-order valence-corrected chi connectivity index (χ4v) is 4.51. The monoisotopic (exact) mass is 510 g/mol. The minimum absolute atomic E-state index is 0.257. The minimum atomic E-state index is -0.709. The molecular weight excluding hydrogens is 468 g/mol. The molecule has 202 valence electrons. The molecule has 0 radical (unpaired) electrons. The fraction of sp³-hybridized carbons (Fsp3) is 0.517. The Balaban J connectivity index is 1.60. The van der Waals surface area contributed by atoms with E-state index >= 15 is 0 Å². The van der Waals surface area contributed by atoms with Crippen LogP contribution in [0, 0.1) is 0 Å². The molecule has 0 bridgehead atoms. The van der Waals surface area contributed by atoms with Crippen LogP contribution >= 0.6 is 0 Å². The topological polar surface area (TPSA) is 94.1 Å². The van der Waals surface area contributed by atoms with E-state index in [1.165, 1.54) is 0 Å². The average molecular weight is 511 g/mol. The smallest absolute Gasteiger partial charge is 0.412 e. The molecule has 37 heavy (non-hydrogen) atoms. The summed E-state index contributed by atoms with van der Waals surface area (Å²) in [6, 6.07) is 15.4. The van der Waals surface area contributed by atoms with Crippen LogP contribution in [0.1, 0.15) is 64.4 Å². The van der Waals surface area contributed by atoms with Gasteiger partial charge in [-0.2, -0.15) is 0 Å². The van der Waals surface area contributed by atoms with E-state index in [0.717, 1.165) is 25.2 Å². The summed E-state index contributed by atoms with van der Waals surface area (Å²) in [6.45, 7) is 16.8. The van der Waals surface area contributed by atoms with Crippen molar-refractivity contribution in [1.82, 2.24) is 9.80 Å². The second-order valence-electron chi connectivity index (χ2n) is 11.7. The standard InChI is InChI=1S/C29H42N4O4/c1-20-17-33(19-29(6,7)36)21(2)16-32(20)18-22-12-14-23(15-13-22)26(34)30-24-10-8-9-11-25(24)31-27(35)37-28(3,4)5/h8-15,20-21,36H,16-19H2,1-7H3,(H,30,34)(H,31,35)/t20-,21+/m0/s1. The maximum atomic E-state index is 12.9. The van der Waals surface area contributed by atoms with E-state index in [4.69, 9.17) is 4.74 Å². The molecule has 8 nitrogen and oxygen atoms in total. The Morgan fingerprint density at radius 1 is 0.892 bits per heavy atom. The van der Waals surface area contributed by atoms with Crippen molar-refractivity contribution >= 4 is 23.4 Å². The summed E-state index contributed by atoms with van der Waals surface area (Å²) in [5.74, 6) is -0.257. The van der Waals surface area contributed by atoms with Crippen LogP contribution in [0.5, 0.6) is 0 Å². The highest BCUT2D eigenvalue weighted by Gasteiger charge is 2.31. The fourth-order valence-electron chi connectivity index (χ4n) is 4.51. The zero-order valence-corrected chi connectivity index (χ0v) is 23.2. The zero-order chi connectivity index (χ0) is 27.4. The Morgan fingerprint density at radius 2 is 1.43 bits per heavy atom. The number of ether oxygens (including phenoxy) is 1. The minimum Gasteiger partial charge on any atom is -0.444 e. The third kappa shape index (κ3) is 8.84. The van der Waals surface area contributed by atoms with Gasteiger partial charge in [0.25, 0.3) is 5.91 Å². The van der Waals surface area contributed by atoms with Gasteiger partial charge in [0.1, 0.15) is 5.60 Å². The van der Waals surface area contributed by atoms with Gasteiger partial charge in [-0.15, -0.1) is 0 Å². The highest BCUT2D eigenvalue weighted by Crippen LogP contribution is 2.24. The maximum absolute atomic E-state index is 12.9. The van der Waals surface area contributed by atoms with Gasteiger partial charge in [0.15, 0.2) is 0 Å². The summed E-state index contributed by atoms with van der Waals surface area (Å²) < 4.78 is 5.32. The van der Waals surface area contributed by atoms with Crippen LogP contribution in [0.2, 0.25) is 0 Å². The van der Waals surface area contributed by atoms with Gasteiger partial charge < -0.3 is 15.2 Å². The second kappa shape index (κ2) is 11.6. The van der Waals surface area contributed by atoms with Gasteiger partial charge in [0, 0.05) is 43.8 Å². The van der Waals surface area contributed by atoms with Gasteiger partial charge in [-0.25, -0.2) is 4.79 Å². The summed E-state index contributed by atoms with van der Waals surface area (Å²) in [7, 11) is 0. The van der Waals surface area contributed by atoms with E-state index in [1.54, 1.807) is 45.0 Å². The van der Waals surface area contributed by atoms with E-state index in [9.17, 15) is 14.7 Å². The van der Waals surface area contributed by atoms with Gasteiger partial charge in [-0.3, -0.25) is 19.9 Å². The van der Waals surface area contributed by atoms with Crippen LogP contribution in [-0.4, -0.2) is 69.8 Å². The number of β-amino-alcohol motifs (C(OH)–C–C–N with tert-alkyl or cyclic N) is 1. The SMILES string of the molecule is C[C@@H]1CN(Cc2ccc(C(=O)Nc3ccccc3NC(=O)OC(C)(C)C)cc2)[C@@H](C)CN1CC(C)(C)O. The first-order valence-corrected chi connectivity index (χ1v) is 12.9. The molecule has 2 aromatic rings. The maximum Gasteiger partial charge on any atom is 0.412 e. The average Bonchev–Trinajstić information content (AvgIpc) is 2.76. The van der Waals surface area contributed by atoms with Crippen molar-refractivity contribution in [3.8, 4) is 0 Å². The Bertz CT molecular complexity index is 1070. The van der Waals surface area contributed by atoms with Gasteiger partial charge in [0.2, 0.25) is 0 Å². The van der Waals surface area contributed by atoms with Crippen molar-refractivity contribution in [1.29, 1.82) is 0 Å². The Labute approximate surface area is 221 Å². The number of hydrogen-bond acceptors (Lipinski definition) is 6. The number of nitrogens with one attached hydrogen (secondary N) is 2. The largest absolute Gasteiger partial charge is 0.444 e. The highest BCUT2D eigenvalue weighted by molar-refractivity contribution is 6.06. The molecule has 1 aliphatic heterocycles. The molecule has 2 atom stereocenters. The van der Waals surface area contributed by atoms with Crippen LogP contribution in [0.15, 0.2) is 48.5 Å². The molecule has 1 heterocycles. The summed E-state index contributed by atoms with van der Waals surface area (Å²) in [5, 5.41) is 15.8. The number of anilines is 2. The van der Waals surface area contributed by atoms with Crippen LogP contribution < -0.4 is 10.6 Å². The molecule has 0 spiro atoms. The van der Waals surface area contributed by atoms with Crippen molar-refractivity contribution in [2.75, 3.05) is 30.3 Å². The Morgan fingerprint density at radius 3 is 2.00 bits per heavy atom. The summed E-state index contributed by atoms with van der Waals surface area (Å²) in [4.78, 5) is 29.9. The molecule has 3 rings (SSSR count). The number of nitrogens with zero attached hydrogens (tertiary/aromatic N) is 2. The van der Waals surface area contributed by atoms with Crippen LogP contribution in [-0.2, 0) is 11.3 Å². The van der Waals surface area contributed by atoms with Gasteiger partial charge in [-0.05, 0) is 78.3 Å². The van der Waals surface area contributed by atoms with E-state index in [1.807, 2.05) is 38.1 Å². The molecule has 0 unspecified atom stereocenters. The Hall–Kier alpha value is -2.94. The molecule has 8 heteroatoms. The second-order valence-corrected chi connectivity index (χ2v) is 11.7. The lowest BCUT2D eigenvalue weighted by Gasteiger charge is -2.45. The first-order chi connectivity index (χ1) is 17.2. The molecule has 0 aromatic heterocycles. The van der Waals surface area contributed by atoms with Crippen LogP contribution in [0.4, 0.5) is 16.2 Å². The quantitative estimate of drug-likeness (QED) is 0.488. The molecule has 1 aliphatic rings. The number of aliphatic hydroxyl groups is 1. The first kappa shape index (κ1) is 28.6. The lowest BCUT2D eigenvalue weighted by atomic mass is 10.0. The molecule has 1 saturated heterocycles. The normalized spacial score (nSPS) is 19.4.